The van der Waals surface area contributed by atoms with E-state index in [0.29, 0.717) is 24.8 Å². The Morgan fingerprint density at radius 1 is 1.26 bits per heavy atom. The van der Waals surface area contributed by atoms with Gasteiger partial charge in [0.05, 0.1) is 18.8 Å². The number of nitrogens with zero attached hydrogens (tertiary/aromatic N) is 1. The molecule has 0 atom stereocenters. The van der Waals surface area contributed by atoms with Gasteiger partial charge >= 0.3 is 5.97 Å². The van der Waals surface area contributed by atoms with Gasteiger partial charge in [0.1, 0.15) is 5.75 Å². The van der Waals surface area contributed by atoms with Crippen LogP contribution >= 0.6 is 11.8 Å². The normalized spacial score (nSPS) is 10.6. The lowest BCUT2D eigenvalue weighted by molar-refractivity contribution is -0.138. The lowest BCUT2D eigenvalue weighted by Crippen LogP contribution is -2.37. The highest BCUT2D eigenvalue weighted by Crippen LogP contribution is 2.22. The van der Waals surface area contributed by atoms with Crippen molar-refractivity contribution in [3.05, 3.63) is 24.3 Å². The third-order valence-electron chi connectivity index (χ3n) is 3.03. The zero-order valence-corrected chi connectivity index (χ0v) is 14.8. The maximum atomic E-state index is 12.3. The molecule has 0 aromatic heterocycles. The highest BCUT2D eigenvalue weighted by molar-refractivity contribution is 8.00. The molecule has 0 spiro atoms. The van der Waals surface area contributed by atoms with Crippen molar-refractivity contribution in [2.45, 2.75) is 32.1 Å². The van der Waals surface area contributed by atoms with Crippen LogP contribution in [0.2, 0.25) is 0 Å². The van der Waals surface area contributed by atoms with Crippen molar-refractivity contribution in [2.75, 3.05) is 25.4 Å². The molecule has 0 aliphatic rings. The molecule has 0 radical (unpaired) electrons. The van der Waals surface area contributed by atoms with Gasteiger partial charge in [0.15, 0.2) is 0 Å². The molecule has 6 heteroatoms. The van der Waals surface area contributed by atoms with E-state index in [1.807, 2.05) is 45.0 Å². The van der Waals surface area contributed by atoms with Gasteiger partial charge in [-0.15, -0.1) is 11.8 Å². The lowest BCUT2D eigenvalue weighted by Gasteiger charge is -2.24. The quantitative estimate of drug-likeness (QED) is 0.663. The largest absolute Gasteiger partial charge is 0.494 e. The van der Waals surface area contributed by atoms with Crippen LogP contribution < -0.4 is 4.74 Å². The Morgan fingerprint density at radius 2 is 1.91 bits per heavy atom. The molecule has 0 heterocycles. The number of rotatable bonds is 10. The van der Waals surface area contributed by atoms with E-state index in [4.69, 9.17) is 9.84 Å². The smallest absolute Gasteiger partial charge is 0.305 e. The Bertz CT molecular complexity index is 502. The van der Waals surface area contributed by atoms with Crippen molar-refractivity contribution in [1.82, 2.24) is 4.90 Å². The molecule has 1 aromatic carbocycles. The summed E-state index contributed by atoms with van der Waals surface area (Å²) in [5.41, 5.74) is 0. The van der Waals surface area contributed by atoms with Crippen LogP contribution in [0.5, 0.6) is 5.75 Å². The topological polar surface area (TPSA) is 66.8 Å². The minimum atomic E-state index is -0.884. The van der Waals surface area contributed by atoms with Gasteiger partial charge < -0.3 is 14.7 Å². The van der Waals surface area contributed by atoms with Gasteiger partial charge in [-0.3, -0.25) is 9.59 Å². The molecule has 128 valence electrons. The van der Waals surface area contributed by atoms with Crippen molar-refractivity contribution in [3.63, 3.8) is 0 Å². The Balaban J connectivity index is 2.54. The van der Waals surface area contributed by atoms with Gasteiger partial charge in [-0.1, -0.05) is 13.8 Å². The first-order valence-electron chi connectivity index (χ1n) is 7.77. The maximum Gasteiger partial charge on any atom is 0.305 e. The fraction of sp³-hybridized carbons (Fsp3) is 0.529. The van der Waals surface area contributed by atoms with Crippen LogP contribution in [0.25, 0.3) is 0 Å². The molecule has 5 nitrogen and oxygen atoms in total. The number of carbonyl (C=O) groups is 2. The van der Waals surface area contributed by atoms with Crippen LogP contribution in [0, 0.1) is 5.92 Å². The number of carboxylic acids is 1. The third kappa shape index (κ3) is 7.93. The Morgan fingerprint density at radius 3 is 2.43 bits per heavy atom. The van der Waals surface area contributed by atoms with E-state index in [2.05, 4.69) is 0 Å². The van der Waals surface area contributed by atoms with Crippen LogP contribution in [0.15, 0.2) is 29.2 Å². The van der Waals surface area contributed by atoms with Crippen molar-refractivity contribution in [1.29, 1.82) is 0 Å². The average Bonchev–Trinajstić information content (AvgIpc) is 2.50. The monoisotopic (exact) mass is 339 g/mol. The van der Waals surface area contributed by atoms with Crippen molar-refractivity contribution in [3.8, 4) is 5.75 Å². The predicted molar refractivity (Wildman–Crippen MR) is 92.0 cm³/mol. The summed E-state index contributed by atoms with van der Waals surface area (Å²) in [5, 5.41) is 8.80. The number of hydrogen-bond donors (Lipinski definition) is 1. The molecule has 1 rings (SSSR count). The van der Waals surface area contributed by atoms with Crippen LogP contribution in [0.1, 0.15) is 27.2 Å². The van der Waals surface area contributed by atoms with E-state index in [-0.39, 0.29) is 18.9 Å². The van der Waals surface area contributed by atoms with Crippen molar-refractivity contribution >= 4 is 23.6 Å². The molecule has 0 unspecified atom stereocenters. The van der Waals surface area contributed by atoms with E-state index in [0.717, 1.165) is 10.6 Å². The number of amides is 1. The third-order valence-corrected chi connectivity index (χ3v) is 4.03. The number of ether oxygens (including phenoxy) is 1. The molecule has 0 bridgehead atoms. The fourth-order valence-electron chi connectivity index (χ4n) is 2.02. The first-order chi connectivity index (χ1) is 10.9. The van der Waals surface area contributed by atoms with Gasteiger partial charge in [-0.05, 0) is 37.1 Å². The first-order valence-corrected chi connectivity index (χ1v) is 8.76. The Hall–Kier alpha value is -1.69. The molecule has 1 aromatic rings. The number of thioether (sulfide) groups is 1. The summed E-state index contributed by atoms with van der Waals surface area (Å²) in [4.78, 5) is 25.7. The second kappa shape index (κ2) is 10.2. The number of carboxylic acid groups (broad SMARTS) is 1. The Labute approximate surface area is 142 Å². The van der Waals surface area contributed by atoms with Crippen LogP contribution in [-0.2, 0) is 9.59 Å². The van der Waals surface area contributed by atoms with Gasteiger partial charge in [-0.25, -0.2) is 0 Å². The first kappa shape index (κ1) is 19.4. The SMILES string of the molecule is CCOc1ccc(SCC(=O)N(CCC(=O)O)CC(C)C)cc1. The molecule has 0 aliphatic carbocycles. The van der Waals surface area contributed by atoms with Crippen LogP contribution in [0.3, 0.4) is 0 Å². The minimum Gasteiger partial charge on any atom is -0.494 e. The summed E-state index contributed by atoms with van der Waals surface area (Å²) in [6, 6.07) is 7.61. The number of carbonyl (C=O) groups excluding carboxylic acids is 1. The standard InChI is InChI=1S/C17H25NO4S/c1-4-22-14-5-7-15(8-6-14)23-12-16(19)18(11-13(2)3)10-9-17(20)21/h5-8,13H,4,9-12H2,1-3H3,(H,20,21). The second-order valence-corrected chi connectivity index (χ2v) is 6.62. The number of aliphatic carboxylic acids is 1. The van der Waals surface area contributed by atoms with Crippen molar-refractivity contribution < 1.29 is 19.4 Å². The minimum absolute atomic E-state index is 0.0216. The summed E-state index contributed by atoms with van der Waals surface area (Å²) < 4.78 is 5.38. The highest BCUT2D eigenvalue weighted by atomic mass is 32.2. The lowest BCUT2D eigenvalue weighted by atomic mass is 10.2. The van der Waals surface area contributed by atoms with E-state index in [1.54, 1.807) is 4.90 Å². The summed E-state index contributed by atoms with van der Waals surface area (Å²) in [7, 11) is 0. The molecular weight excluding hydrogens is 314 g/mol. The summed E-state index contributed by atoms with van der Waals surface area (Å²) >= 11 is 1.45. The highest BCUT2D eigenvalue weighted by Gasteiger charge is 2.16. The summed E-state index contributed by atoms with van der Waals surface area (Å²) in [5.74, 6) is 0.513. The van der Waals surface area contributed by atoms with E-state index >= 15 is 0 Å². The molecule has 0 saturated heterocycles. The zero-order chi connectivity index (χ0) is 17.2. The van der Waals surface area contributed by atoms with Crippen LogP contribution in [-0.4, -0.2) is 47.3 Å². The van der Waals surface area contributed by atoms with Crippen molar-refractivity contribution in [2.24, 2.45) is 5.92 Å². The fourth-order valence-corrected chi connectivity index (χ4v) is 2.83. The average molecular weight is 339 g/mol. The van der Waals surface area contributed by atoms with Gasteiger partial charge in [0, 0.05) is 18.0 Å². The second-order valence-electron chi connectivity index (χ2n) is 5.57. The molecule has 23 heavy (non-hydrogen) atoms. The molecular formula is C17H25NO4S. The van der Waals surface area contributed by atoms with E-state index in [1.165, 1.54) is 11.8 Å². The van der Waals surface area contributed by atoms with Gasteiger partial charge in [0.2, 0.25) is 5.91 Å². The van der Waals surface area contributed by atoms with E-state index in [9.17, 15) is 9.59 Å². The Kier molecular flexibility index (Phi) is 8.55. The maximum absolute atomic E-state index is 12.3. The molecule has 0 fully saturated rings. The zero-order valence-electron chi connectivity index (χ0n) is 13.9. The van der Waals surface area contributed by atoms with Gasteiger partial charge in [0.25, 0.3) is 0 Å². The van der Waals surface area contributed by atoms with Crippen LogP contribution in [0.4, 0.5) is 0 Å². The van der Waals surface area contributed by atoms with Gasteiger partial charge in [-0.2, -0.15) is 0 Å². The number of benzene rings is 1. The summed E-state index contributed by atoms with van der Waals surface area (Å²) in [6.07, 6.45) is -0.0216. The summed E-state index contributed by atoms with van der Waals surface area (Å²) in [6.45, 7) is 7.42. The predicted octanol–water partition coefficient (Wildman–Crippen LogP) is 3.14. The molecule has 1 N–H and O–H groups in total. The molecule has 0 saturated carbocycles. The molecule has 0 aliphatic heterocycles. The number of hydrogen-bond acceptors (Lipinski definition) is 4. The molecule has 1 amide bonds. The van der Waals surface area contributed by atoms with E-state index < -0.39 is 5.97 Å².